The first-order valence-electron chi connectivity index (χ1n) is 15.0. The van der Waals surface area contributed by atoms with Gasteiger partial charge < -0.3 is 29.6 Å². The second-order valence-electron chi connectivity index (χ2n) is 12.2. The van der Waals surface area contributed by atoms with E-state index in [9.17, 15) is 23.2 Å². The van der Waals surface area contributed by atoms with Gasteiger partial charge in [0.15, 0.2) is 5.82 Å². The second kappa shape index (κ2) is 12.8. The molecule has 4 heterocycles. The third-order valence-corrected chi connectivity index (χ3v) is 9.20. The molecule has 2 aliphatic rings. The highest BCUT2D eigenvalue weighted by molar-refractivity contribution is 6.32. The summed E-state index contributed by atoms with van der Waals surface area (Å²) in [4.78, 5) is 51.3. The van der Waals surface area contributed by atoms with Crippen LogP contribution in [0.15, 0.2) is 34.0 Å². The number of piperidine rings is 2. The standard InChI is InChI=1S/C30H39ClF2N8O3/c1-18-16-40(17-19(2)30(18,32)33)29-35-15-22(31)26(37-29)36-21-5-6-23-24(13-21)41(28(44)27(43)39(23)4)12-9-25(42)34-14-20-7-10-38(3)11-8-20/h5-6,13,15,18-20H,7-12,14,16-17H2,1-4H3,(H,34,42)(H,35,36,37)/t18-,19+. The van der Waals surface area contributed by atoms with Crippen LogP contribution >= 0.6 is 11.6 Å². The van der Waals surface area contributed by atoms with E-state index in [1.165, 1.54) is 36.2 Å². The zero-order valence-electron chi connectivity index (χ0n) is 25.4. The summed E-state index contributed by atoms with van der Waals surface area (Å²) < 4.78 is 31.4. The Morgan fingerprint density at radius 2 is 1.75 bits per heavy atom. The molecule has 0 saturated carbocycles. The summed E-state index contributed by atoms with van der Waals surface area (Å²) in [6.45, 7) is 5.85. The van der Waals surface area contributed by atoms with Gasteiger partial charge in [0.2, 0.25) is 11.9 Å². The van der Waals surface area contributed by atoms with Crippen LogP contribution in [0.5, 0.6) is 0 Å². The lowest BCUT2D eigenvalue weighted by molar-refractivity contribution is -0.121. The summed E-state index contributed by atoms with van der Waals surface area (Å²) in [7, 11) is 3.61. The van der Waals surface area contributed by atoms with E-state index < -0.39 is 28.9 Å². The van der Waals surface area contributed by atoms with Crippen molar-refractivity contribution in [2.75, 3.05) is 50.0 Å². The SMILES string of the molecule is C[C@@H]1CN(c2ncc(Cl)c(Nc3ccc4c(c3)n(CCC(=O)NCC3CCN(C)CC3)c(=O)c(=O)n4C)n2)C[C@H](C)C1(F)F. The number of hydrogen-bond acceptors (Lipinski definition) is 8. The minimum atomic E-state index is -2.78. The molecular weight excluding hydrogens is 594 g/mol. The van der Waals surface area contributed by atoms with Crippen LogP contribution in [0.2, 0.25) is 5.02 Å². The minimum absolute atomic E-state index is 0.0302. The summed E-state index contributed by atoms with van der Waals surface area (Å²) in [6, 6.07) is 5.10. The van der Waals surface area contributed by atoms with Crippen LogP contribution in [-0.4, -0.2) is 75.6 Å². The lowest BCUT2D eigenvalue weighted by Crippen LogP contribution is -2.52. The molecule has 238 valence electrons. The van der Waals surface area contributed by atoms with Gasteiger partial charge in [-0.15, -0.1) is 0 Å². The zero-order chi connectivity index (χ0) is 31.8. The summed E-state index contributed by atoms with van der Waals surface area (Å²) in [6.07, 6.45) is 3.50. The van der Waals surface area contributed by atoms with E-state index in [2.05, 4.69) is 32.5 Å². The van der Waals surface area contributed by atoms with Crippen molar-refractivity contribution in [1.29, 1.82) is 0 Å². The quantitative estimate of drug-likeness (QED) is 0.363. The molecule has 0 radical (unpaired) electrons. The van der Waals surface area contributed by atoms with Crippen molar-refractivity contribution in [2.24, 2.45) is 24.8 Å². The predicted octanol–water partition coefficient (Wildman–Crippen LogP) is 3.46. The van der Waals surface area contributed by atoms with Gasteiger partial charge in [0, 0.05) is 57.2 Å². The molecule has 5 rings (SSSR count). The highest BCUT2D eigenvalue weighted by Gasteiger charge is 2.47. The predicted molar refractivity (Wildman–Crippen MR) is 167 cm³/mol. The molecular formula is C30H39ClF2N8O3. The normalized spacial score (nSPS) is 21.0. The highest BCUT2D eigenvalue weighted by Crippen LogP contribution is 2.39. The lowest BCUT2D eigenvalue weighted by Gasteiger charge is -2.41. The third-order valence-electron chi connectivity index (χ3n) is 8.93. The molecule has 0 unspecified atom stereocenters. The smallest absolute Gasteiger partial charge is 0.316 e. The second-order valence-corrected chi connectivity index (χ2v) is 12.6. The Kier molecular flexibility index (Phi) is 9.26. The van der Waals surface area contributed by atoms with Crippen molar-refractivity contribution in [1.82, 2.24) is 29.3 Å². The number of aryl methyl sites for hydroxylation is 2. The molecule has 0 spiro atoms. The number of fused-ring (bicyclic) bond motifs is 1. The number of nitrogens with zero attached hydrogens (tertiary/aromatic N) is 6. The number of carbonyl (C=O) groups excluding carboxylic acids is 1. The van der Waals surface area contributed by atoms with Crippen LogP contribution in [0.25, 0.3) is 11.0 Å². The number of hydrogen-bond donors (Lipinski definition) is 2. The van der Waals surface area contributed by atoms with Crippen LogP contribution in [0, 0.1) is 17.8 Å². The topological polar surface area (TPSA) is 117 Å². The van der Waals surface area contributed by atoms with Crippen molar-refractivity contribution >= 4 is 46.0 Å². The molecule has 2 saturated heterocycles. The van der Waals surface area contributed by atoms with Gasteiger partial charge in [-0.05, 0) is 57.1 Å². The van der Waals surface area contributed by atoms with Crippen molar-refractivity contribution in [3.8, 4) is 0 Å². The Balaban J connectivity index is 1.35. The van der Waals surface area contributed by atoms with Gasteiger partial charge in [0.25, 0.3) is 5.92 Å². The molecule has 3 aromatic rings. The number of carbonyl (C=O) groups is 1. The van der Waals surface area contributed by atoms with Crippen LogP contribution in [0.1, 0.15) is 33.1 Å². The monoisotopic (exact) mass is 632 g/mol. The Morgan fingerprint density at radius 1 is 1.07 bits per heavy atom. The molecule has 2 fully saturated rings. The molecule has 44 heavy (non-hydrogen) atoms. The first kappa shape index (κ1) is 31.8. The number of nitrogens with one attached hydrogen (secondary N) is 2. The number of halogens is 3. The number of benzene rings is 1. The maximum absolute atomic E-state index is 14.4. The average molecular weight is 633 g/mol. The Hall–Kier alpha value is -3.58. The Bertz CT molecular complexity index is 1640. The van der Waals surface area contributed by atoms with Gasteiger partial charge in [-0.2, -0.15) is 4.98 Å². The molecule has 1 amide bonds. The van der Waals surface area contributed by atoms with Gasteiger partial charge in [-0.3, -0.25) is 14.4 Å². The number of aromatic nitrogens is 4. The van der Waals surface area contributed by atoms with Gasteiger partial charge in [0.1, 0.15) is 5.02 Å². The number of anilines is 3. The maximum atomic E-state index is 14.4. The summed E-state index contributed by atoms with van der Waals surface area (Å²) >= 11 is 6.41. The molecule has 14 heteroatoms. The van der Waals surface area contributed by atoms with Crippen LogP contribution < -0.4 is 26.7 Å². The molecule has 2 atom stereocenters. The highest BCUT2D eigenvalue weighted by atomic mass is 35.5. The van der Waals surface area contributed by atoms with E-state index in [1.54, 1.807) is 23.1 Å². The van der Waals surface area contributed by atoms with Crippen LogP contribution in [0.3, 0.4) is 0 Å². The van der Waals surface area contributed by atoms with Crippen molar-refractivity contribution in [2.45, 2.75) is 45.6 Å². The molecule has 0 bridgehead atoms. The third kappa shape index (κ3) is 6.58. The fourth-order valence-electron chi connectivity index (χ4n) is 5.99. The number of amides is 1. The zero-order valence-corrected chi connectivity index (χ0v) is 26.2. The van der Waals surface area contributed by atoms with E-state index in [1.807, 2.05) is 0 Å². The molecule has 11 nitrogen and oxygen atoms in total. The average Bonchev–Trinajstić information content (AvgIpc) is 2.99. The van der Waals surface area contributed by atoms with Gasteiger partial charge in [-0.1, -0.05) is 25.4 Å². The number of rotatable bonds is 8. The van der Waals surface area contributed by atoms with Gasteiger partial charge in [0.05, 0.1) is 17.2 Å². The molecule has 1 aromatic carbocycles. The molecule has 2 aliphatic heterocycles. The van der Waals surface area contributed by atoms with E-state index in [0.29, 0.717) is 29.2 Å². The summed E-state index contributed by atoms with van der Waals surface area (Å²) in [5, 5.41) is 6.34. The minimum Gasteiger partial charge on any atom is -0.356 e. The fraction of sp³-hybridized carbons (Fsp3) is 0.567. The molecule has 2 aromatic heterocycles. The largest absolute Gasteiger partial charge is 0.356 e. The molecule has 2 N–H and O–H groups in total. The Morgan fingerprint density at radius 3 is 2.43 bits per heavy atom. The van der Waals surface area contributed by atoms with E-state index in [0.717, 1.165) is 25.9 Å². The lowest BCUT2D eigenvalue weighted by atomic mass is 9.87. The van der Waals surface area contributed by atoms with Gasteiger partial charge in [-0.25, -0.2) is 13.8 Å². The van der Waals surface area contributed by atoms with E-state index >= 15 is 0 Å². The first-order valence-corrected chi connectivity index (χ1v) is 15.3. The van der Waals surface area contributed by atoms with Crippen molar-refractivity contribution in [3.05, 3.63) is 50.1 Å². The van der Waals surface area contributed by atoms with Crippen LogP contribution in [-0.2, 0) is 18.4 Å². The number of likely N-dealkylation sites (tertiary alicyclic amines) is 1. The van der Waals surface area contributed by atoms with Crippen molar-refractivity contribution < 1.29 is 13.6 Å². The van der Waals surface area contributed by atoms with E-state index in [-0.39, 0.29) is 48.8 Å². The number of alkyl halides is 2. The summed E-state index contributed by atoms with van der Waals surface area (Å²) in [5.74, 6) is -3.74. The first-order chi connectivity index (χ1) is 20.8. The summed E-state index contributed by atoms with van der Waals surface area (Å²) in [5.41, 5.74) is 0.0707. The van der Waals surface area contributed by atoms with Crippen LogP contribution in [0.4, 0.5) is 26.2 Å². The van der Waals surface area contributed by atoms with E-state index in [4.69, 9.17) is 11.6 Å². The fourth-order valence-corrected chi connectivity index (χ4v) is 6.13. The van der Waals surface area contributed by atoms with Crippen molar-refractivity contribution in [3.63, 3.8) is 0 Å². The maximum Gasteiger partial charge on any atom is 0.316 e. The van der Waals surface area contributed by atoms with Gasteiger partial charge >= 0.3 is 11.1 Å². The Labute approximate surface area is 259 Å². The molecule has 0 aliphatic carbocycles.